The fraction of sp³-hybridized carbons (Fsp3) is 0.667. The predicted molar refractivity (Wildman–Crippen MR) is 62.6 cm³/mol. The molecular weight excluding hydrogens is 174 g/mol. The number of nitrogens with one attached hydrogen (secondary N) is 1. The average Bonchev–Trinajstić information content (AvgIpc) is 2.21. The van der Waals surface area contributed by atoms with Gasteiger partial charge in [0.1, 0.15) is 0 Å². The molecule has 0 fully saturated rings. The molecule has 14 heavy (non-hydrogen) atoms. The summed E-state index contributed by atoms with van der Waals surface area (Å²) in [5.41, 5.74) is 1.34. The molecular formula is C12H23NO. The van der Waals surface area contributed by atoms with Gasteiger partial charge in [-0.1, -0.05) is 18.2 Å². The average molecular weight is 197 g/mol. The van der Waals surface area contributed by atoms with Crippen LogP contribution in [0, 0.1) is 0 Å². The highest BCUT2D eigenvalue weighted by molar-refractivity contribution is 5.18. The molecule has 0 atom stereocenters. The molecule has 0 aromatic carbocycles. The third-order valence-corrected chi connectivity index (χ3v) is 1.93. The molecule has 0 aliphatic carbocycles. The highest BCUT2D eigenvalue weighted by Crippen LogP contribution is 1.94. The highest BCUT2D eigenvalue weighted by Gasteiger charge is 1.90. The number of rotatable bonds is 8. The number of hydrogen-bond donors (Lipinski definition) is 1. The van der Waals surface area contributed by atoms with Gasteiger partial charge >= 0.3 is 0 Å². The van der Waals surface area contributed by atoms with Crippen molar-refractivity contribution >= 4 is 0 Å². The van der Waals surface area contributed by atoms with Crippen molar-refractivity contribution in [2.24, 2.45) is 0 Å². The fourth-order valence-corrected chi connectivity index (χ4v) is 1.15. The lowest BCUT2D eigenvalue weighted by atomic mass is 10.2. The normalized spacial score (nSPS) is 12.6. The molecule has 2 nitrogen and oxygen atoms in total. The second-order valence-corrected chi connectivity index (χ2v) is 3.09. The molecule has 0 aliphatic rings. The Balaban J connectivity index is 3.34. The van der Waals surface area contributed by atoms with Crippen molar-refractivity contribution in [3.05, 3.63) is 23.8 Å². The van der Waals surface area contributed by atoms with Crippen molar-refractivity contribution in [3.8, 4) is 0 Å². The first kappa shape index (κ1) is 13.4. The second-order valence-electron chi connectivity index (χ2n) is 3.09. The Morgan fingerprint density at radius 1 is 1.36 bits per heavy atom. The summed E-state index contributed by atoms with van der Waals surface area (Å²) in [7, 11) is 0. The lowest BCUT2D eigenvalue weighted by molar-refractivity contribution is 0.145. The minimum absolute atomic E-state index is 0.818. The lowest BCUT2D eigenvalue weighted by Gasteiger charge is -2.05. The summed E-state index contributed by atoms with van der Waals surface area (Å²) in [4.78, 5) is 0. The second kappa shape index (κ2) is 10.5. The third kappa shape index (κ3) is 8.02. The van der Waals surface area contributed by atoms with Gasteiger partial charge in [0.2, 0.25) is 0 Å². The van der Waals surface area contributed by atoms with Crippen molar-refractivity contribution < 1.29 is 4.74 Å². The van der Waals surface area contributed by atoms with Gasteiger partial charge in [0.05, 0.1) is 0 Å². The first-order valence-electron chi connectivity index (χ1n) is 5.41. The van der Waals surface area contributed by atoms with Gasteiger partial charge in [-0.3, -0.25) is 0 Å². The van der Waals surface area contributed by atoms with Crippen molar-refractivity contribution in [3.63, 3.8) is 0 Å². The van der Waals surface area contributed by atoms with Gasteiger partial charge in [0.25, 0.3) is 0 Å². The van der Waals surface area contributed by atoms with Crippen LogP contribution in [0.1, 0.15) is 27.2 Å². The van der Waals surface area contributed by atoms with Gasteiger partial charge in [-0.15, -0.1) is 0 Å². The van der Waals surface area contributed by atoms with Crippen LogP contribution < -0.4 is 5.32 Å². The van der Waals surface area contributed by atoms with Crippen LogP contribution >= 0.6 is 0 Å². The molecule has 0 amide bonds. The van der Waals surface area contributed by atoms with Crippen LogP contribution in [0.2, 0.25) is 0 Å². The van der Waals surface area contributed by atoms with Gasteiger partial charge in [-0.2, -0.15) is 0 Å². The fourth-order valence-electron chi connectivity index (χ4n) is 1.15. The van der Waals surface area contributed by atoms with E-state index in [1.165, 1.54) is 5.57 Å². The summed E-state index contributed by atoms with van der Waals surface area (Å²) in [6.07, 6.45) is 7.42. The Morgan fingerprint density at radius 3 is 2.71 bits per heavy atom. The molecule has 0 rings (SSSR count). The molecule has 0 saturated carbocycles. The van der Waals surface area contributed by atoms with Crippen molar-refractivity contribution in [2.75, 3.05) is 26.3 Å². The van der Waals surface area contributed by atoms with E-state index >= 15 is 0 Å². The first-order chi connectivity index (χ1) is 6.85. The molecule has 0 aromatic heterocycles. The summed E-state index contributed by atoms with van der Waals surface area (Å²) in [6, 6.07) is 0. The zero-order chi connectivity index (χ0) is 10.6. The Hall–Kier alpha value is -0.600. The Bertz CT molecular complexity index is 173. The van der Waals surface area contributed by atoms with E-state index in [4.69, 9.17) is 4.74 Å². The van der Waals surface area contributed by atoms with E-state index in [1.807, 2.05) is 13.8 Å². The maximum absolute atomic E-state index is 5.25. The summed E-state index contributed by atoms with van der Waals surface area (Å²) in [5.74, 6) is 0. The van der Waals surface area contributed by atoms with Crippen molar-refractivity contribution in [1.82, 2.24) is 5.32 Å². The van der Waals surface area contributed by atoms with Gasteiger partial charge in [-0.25, -0.2) is 0 Å². The van der Waals surface area contributed by atoms with Crippen LogP contribution in [0.3, 0.4) is 0 Å². The van der Waals surface area contributed by atoms with E-state index < -0.39 is 0 Å². The van der Waals surface area contributed by atoms with Gasteiger partial charge in [0.15, 0.2) is 0 Å². The summed E-state index contributed by atoms with van der Waals surface area (Å²) in [5, 5.41) is 3.38. The van der Waals surface area contributed by atoms with Gasteiger partial charge in [-0.05, 0) is 39.3 Å². The maximum atomic E-state index is 5.25. The number of hydrogen-bond acceptors (Lipinski definition) is 2. The Labute approximate surface area is 88.0 Å². The van der Waals surface area contributed by atoms with E-state index in [-0.39, 0.29) is 0 Å². The molecule has 0 saturated heterocycles. The molecule has 0 spiro atoms. The smallest absolute Gasteiger partial charge is 0.0477 e. The summed E-state index contributed by atoms with van der Waals surface area (Å²) in [6.45, 7) is 9.78. The summed E-state index contributed by atoms with van der Waals surface area (Å²) >= 11 is 0. The van der Waals surface area contributed by atoms with Gasteiger partial charge in [0, 0.05) is 19.8 Å². The van der Waals surface area contributed by atoms with Gasteiger partial charge < -0.3 is 10.1 Å². The molecule has 0 bridgehead atoms. The third-order valence-electron chi connectivity index (χ3n) is 1.93. The van der Waals surface area contributed by atoms with E-state index in [2.05, 4.69) is 30.5 Å². The SMILES string of the molecule is C/C=C\C(=C/C)CNCCCOCC. The van der Waals surface area contributed by atoms with Crippen molar-refractivity contribution in [2.45, 2.75) is 27.2 Å². The number of ether oxygens (including phenoxy) is 1. The zero-order valence-corrected chi connectivity index (χ0v) is 9.68. The zero-order valence-electron chi connectivity index (χ0n) is 9.68. The topological polar surface area (TPSA) is 21.3 Å². The molecule has 0 aromatic rings. The molecule has 0 heterocycles. The van der Waals surface area contributed by atoms with Crippen LogP contribution in [0.25, 0.3) is 0 Å². The quantitative estimate of drug-likeness (QED) is 0.477. The maximum Gasteiger partial charge on any atom is 0.0477 e. The molecule has 0 unspecified atom stereocenters. The minimum Gasteiger partial charge on any atom is -0.382 e. The molecule has 82 valence electrons. The predicted octanol–water partition coefficient (Wildman–Crippen LogP) is 2.53. The molecule has 0 radical (unpaired) electrons. The first-order valence-corrected chi connectivity index (χ1v) is 5.41. The van der Waals surface area contributed by atoms with E-state index in [9.17, 15) is 0 Å². The Kier molecular flexibility index (Phi) is 10.0. The van der Waals surface area contributed by atoms with E-state index in [0.29, 0.717) is 0 Å². The lowest BCUT2D eigenvalue weighted by Crippen LogP contribution is -2.19. The molecule has 0 aliphatic heterocycles. The van der Waals surface area contributed by atoms with Crippen LogP contribution in [0.5, 0.6) is 0 Å². The van der Waals surface area contributed by atoms with Crippen LogP contribution in [0.4, 0.5) is 0 Å². The highest BCUT2D eigenvalue weighted by atomic mass is 16.5. The molecule has 1 N–H and O–H groups in total. The monoisotopic (exact) mass is 197 g/mol. The van der Waals surface area contributed by atoms with Crippen LogP contribution in [-0.4, -0.2) is 26.3 Å². The summed E-state index contributed by atoms with van der Waals surface area (Å²) < 4.78 is 5.25. The Morgan fingerprint density at radius 2 is 2.14 bits per heavy atom. The standard InChI is InChI=1S/C12H23NO/c1-4-8-12(5-2)11-13-9-7-10-14-6-3/h4-5,8,13H,6-7,9-11H2,1-3H3/b8-4-,12-5+. The largest absolute Gasteiger partial charge is 0.382 e. The van der Waals surface area contributed by atoms with Crippen LogP contribution in [-0.2, 0) is 4.74 Å². The van der Waals surface area contributed by atoms with E-state index in [1.54, 1.807) is 0 Å². The van der Waals surface area contributed by atoms with Crippen LogP contribution in [0.15, 0.2) is 23.8 Å². The number of allylic oxidation sites excluding steroid dienone is 2. The van der Waals surface area contributed by atoms with Crippen molar-refractivity contribution in [1.29, 1.82) is 0 Å². The minimum atomic E-state index is 0.818. The van der Waals surface area contributed by atoms with E-state index in [0.717, 1.165) is 32.7 Å². The molecule has 2 heteroatoms.